The first kappa shape index (κ1) is 22.3. The van der Waals surface area contributed by atoms with Crippen LogP contribution in [0.5, 0.6) is 0 Å². The summed E-state index contributed by atoms with van der Waals surface area (Å²) in [5.41, 5.74) is 4.17. The van der Waals surface area contributed by atoms with Crippen molar-refractivity contribution < 1.29 is 4.79 Å². The van der Waals surface area contributed by atoms with E-state index in [9.17, 15) is 4.79 Å². The van der Waals surface area contributed by atoms with E-state index in [1.807, 2.05) is 32.0 Å². The molecule has 0 saturated heterocycles. The number of halogens is 2. The van der Waals surface area contributed by atoms with Crippen LogP contribution < -0.4 is 5.32 Å². The fourth-order valence-electron chi connectivity index (χ4n) is 3.21. The van der Waals surface area contributed by atoms with Gasteiger partial charge in [0, 0.05) is 33.9 Å². The highest BCUT2D eigenvalue weighted by Gasteiger charge is 2.22. The summed E-state index contributed by atoms with van der Waals surface area (Å²) in [5, 5.41) is 12.8. The Bertz CT molecular complexity index is 1240. The van der Waals surface area contributed by atoms with Gasteiger partial charge in [0.2, 0.25) is 0 Å². The molecule has 0 bridgehead atoms. The SMILES string of the molecule is Cc1cc(C)cc(NC(=O)c2nnn(-c3cc(Cl)cc(Cl)c3)c2CSc2ncccn2)c1. The van der Waals surface area contributed by atoms with Crippen molar-refractivity contribution in [1.82, 2.24) is 25.0 Å². The molecule has 32 heavy (non-hydrogen) atoms. The Morgan fingerprint density at radius 1 is 1.00 bits per heavy atom. The molecule has 1 amide bonds. The van der Waals surface area contributed by atoms with Crippen LogP contribution in [0.15, 0.2) is 60.0 Å². The smallest absolute Gasteiger partial charge is 0.278 e. The van der Waals surface area contributed by atoms with Gasteiger partial charge in [0.1, 0.15) is 0 Å². The van der Waals surface area contributed by atoms with Gasteiger partial charge in [0.15, 0.2) is 10.9 Å². The number of nitrogens with one attached hydrogen (secondary N) is 1. The van der Waals surface area contributed by atoms with Gasteiger partial charge in [0.25, 0.3) is 5.91 Å². The van der Waals surface area contributed by atoms with Crippen LogP contribution in [-0.4, -0.2) is 30.9 Å². The quantitative estimate of drug-likeness (QED) is 0.286. The van der Waals surface area contributed by atoms with Gasteiger partial charge in [-0.05, 0) is 61.4 Å². The fourth-order valence-corrected chi connectivity index (χ4v) is 4.52. The average molecular weight is 485 g/mol. The molecule has 0 radical (unpaired) electrons. The van der Waals surface area contributed by atoms with Gasteiger partial charge in [-0.2, -0.15) is 0 Å². The molecule has 2 heterocycles. The van der Waals surface area contributed by atoms with E-state index in [0.29, 0.717) is 38.0 Å². The standard InChI is InChI=1S/C22H18Cl2N6OS/c1-13-6-14(2)8-17(7-13)27-21(31)20-19(12-32-22-25-4-3-5-26-22)30(29-28-20)18-10-15(23)9-16(24)11-18/h3-11H,12H2,1-2H3,(H,27,31). The van der Waals surface area contributed by atoms with Gasteiger partial charge in [-0.15, -0.1) is 5.10 Å². The van der Waals surface area contributed by atoms with Gasteiger partial charge in [0.05, 0.1) is 11.4 Å². The Labute approximate surface area is 199 Å². The fraction of sp³-hybridized carbons (Fsp3) is 0.136. The molecular weight excluding hydrogens is 467 g/mol. The Kier molecular flexibility index (Phi) is 6.74. The van der Waals surface area contributed by atoms with Crippen molar-refractivity contribution in [3.63, 3.8) is 0 Å². The maximum Gasteiger partial charge on any atom is 0.278 e. The number of nitrogens with zero attached hydrogens (tertiary/aromatic N) is 5. The number of hydrogen-bond acceptors (Lipinski definition) is 6. The number of aromatic nitrogens is 5. The molecule has 0 spiro atoms. The summed E-state index contributed by atoms with van der Waals surface area (Å²) in [5.74, 6) is -0.00420. The number of amides is 1. The molecular formula is C22H18Cl2N6OS. The summed E-state index contributed by atoms with van der Waals surface area (Å²) in [6.07, 6.45) is 3.32. The lowest BCUT2D eigenvalue weighted by Crippen LogP contribution is -2.15. The summed E-state index contributed by atoms with van der Waals surface area (Å²) >= 11 is 13.7. The number of carbonyl (C=O) groups is 1. The molecule has 2 aromatic heterocycles. The molecule has 7 nitrogen and oxygen atoms in total. The maximum absolute atomic E-state index is 13.1. The molecule has 10 heteroatoms. The summed E-state index contributed by atoms with van der Waals surface area (Å²) in [6, 6.07) is 12.6. The van der Waals surface area contributed by atoms with Gasteiger partial charge >= 0.3 is 0 Å². The second kappa shape index (κ2) is 9.68. The average Bonchev–Trinajstić information content (AvgIpc) is 3.15. The van der Waals surface area contributed by atoms with E-state index in [2.05, 4.69) is 25.6 Å². The molecule has 0 unspecified atom stereocenters. The molecule has 0 fully saturated rings. The first-order valence-corrected chi connectivity index (χ1v) is 11.3. The van der Waals surface area contributed by atoms with E-state index in [-0.39, 0.29) is 11.6 Å². The van der Waals surface area contributed by atoms with Crippen LogP contribution in [0, 0.1) is 13.8 Å². The van der Waals surface area contributed by atoms with E-state index < -0.39 is 0 Å². The third kappa shape index (κ3) is 5.27. The molecule has 4 aromatic rings. The first-order chi connectivity index (χ1) is 15.4. The van der Waals surface area contributed by atoms with E-state index in [1.165, 1.54) is 11.8 Å². The number of anilines is 1. The highest BCUT2D eigenvalue weighted by molar-refractivity contribution is 7.98. The normalized spacial score (nSPS) is 10.9. The van der Waals surface area contributed by atoms with Gasteiger partial charge in [-0.1, -0.05) is 46.2 Å². The zero-order valence-electron chi connectivity index (χ0n) is 17.2. The van der Waals surface area contributed by atoms with E-state index in [4.69, 9.17) is 23.2 Å². The molecule has 0 saturated carbocycles. The predicted molar refractivity (Wildman–Crippen MR) is 127 cm³/mol. The molecule has 4 rings (SSSR count). The highest BCUT2D eigenvalue weighted by atomic mass is 35.5. The second-order valence-electron chi connectivity index (χ2n) is 7.07. The topological polar surface area (TPSA) is 85.6 Å². The lowest BCUT2D eigenvalue weighted by atomic mass is 10.1. The van der Waals surface area contributed by atoms with E-state index in [1.54, 1.807) is 41.3 Å². The van der Waals surface area contributed by atoms with Crippen LogP contribution in [0.4, 0.5) is 5.69 Å². The minimum Gasteiger partial charge on any atom is -0.321 e. The highest BCUT2D eigenvalue weighted by Crippen LogP contribution is 2.27. The van der Waals surface area contributed by atoms with Crippen LogP contribution in [0.25, 0.3) is 5.69 Å². The van der Waals surface area contributed by atoms with Crippen molar-refractivity contribution >= 4 is 46.6 Å². The van der Waals surface area contributed by atoms with Gasteiger partial charge in [-0.3, -0.25) is 4.79 Å². The zero-order valence-corrected chi connectivity index (χ0v) is 19.5. The second-order valence-corrected chi connectivity index (χ2v) is 8.89. The van der Waals surface area contributed by atoms with Crippen molar-refractivity contribution in [2.75, 3.05) is 5.32 Å². The number of aryl methyl sites for hydroxylation is 2. The number of rotatable bonds is 6. The first-order valence-electron chi connectivity index (χ1n) is 9.59. The molecule has 0 aliphatic rings. The Morgan fingerprint density at radius 2 is 1.66 bits per heavy atom. The lowest BCUT2D eigenvalue weighted by molar-refractivity contribution is 0.102. The largest absolute Gasteiger partial charge is 0.321 e. The predicted octanol–water partition coefficient (Wildman–Crippen LogP) is 5.53. The molecule has 162 valence electrons. The van der Waals surface area contributed by atoms with Crippen molar-refractivity contribution in [1.29, 1.82) is 0 Å². The molecule has 0 aliphatic carbocycles. The van der Waals surface area contributed by atoms with Crippen LogP contribution >= 0.6 is 35.0 Å². The number of benzene rings is 2. The van der Waals surface area contributed by atoms with Gasteiger partial charge in [-0.25, -0.2) is 14.6 Å². The minimum absolute atomic E-state index is 0.198. The van der Waals surface area contributed by atoms with Crippen LogP contribution in [-0.2, 0) is 5.75 Å². The summed E-state index contributed by atoms with van der Waals surface area (Å²) in [6.45, 7) is 3.95. The van der Waals surface area contributed by atoms with Crippen LogP contribution in [0.3, 0.4) is 0 Å². The number of thioether (sulfide) groups is 1. The van der Waals surface area contributed by atoms with Crippen molar-refractivity contribution in [2.45, 2.75) is 24.8 Å². The zero-order chi connectivity index (χ0) is 22.7. The summed E-state index contributed by atoms with van der Waals surface area (Å²) in [7, 11) is 0. The Balaban J connectivity index is 1.70. The van der Waals surface area contributed by atoms with Crippen molar-refractivity contribution in [3.05, 3.63) is 87.4 Å². The molecule has 1 N–H and O–H groups in total. The van der Waals surface area contributed by atoms with Gasteiger partial charge < -0.3 is 5.32 Å². The molecule has 2 aromatic carbocycles. The lowest BCUT2D eigenvalue weighted by Gasteiger charge is -2.10. The van der Waals surface area contributed by atoms with Crippen molar-refractivity contribution in [3.8, 4) is 5.69 Å². The van der Waals surface area contributed by atoms with Crippen LogP contribution in [0.2, 0.25) is 10.0 Å². The monoisotopic (exact) mass is 484 g/mol. The van der Waals surface area contributed by atoms with Crippen LogP contribution in [0.1, 0.15) is 27.3 Å². The summed E-state index contributed by atoms with van der Waals surface area (Å²) < 4.78 is 1.56. The number of carbonyl (C=O) groups excluding carboxylic acids is 1. The Hall–Kier alpha value is -2.94. The summed E-state index contributed by atoms with van der Waals surface area (Å²) in [4.78, 5) is 21.6. The molecule has 0 aliphatic heterocycles. The molecule has 0 atom stereocenters. The Morgan fingerprint density at radius 3 is 2.31 bits per heavy atom. The van der Waals surface area contributed by atoms with E-state index in [0.717, 1.165) is 11.1 Å². The third-order valence-electron chi connectivity index (χ3n) is 4.43. The third-order valence-corrected chi connectivity index (χ3v) is 5.75. The maximum atomic E-state index is 13.1. The van der Waals surface area contributed by atoms with Crippen molar-refractivity contribution in [2.24, 2.45) is 0 Å². The minimum atomic E-state index is -0.362. The number of hydrogen-bond donors (Lipinski definition) is 1. The van der Waals surface area contributed by atoms with E-state index >= 15 is 0 Å².